The van der Waals surface area contributed by atoms with Crippen LogP contribution in [0, 0.1) is 11.6 Å². The van der Waals surface area contributed by atoms with Crippen molar-refractivity contribution in [3.05, 3.63) is 131 Å². The number of benzene rings is 4. The molecule has 4 aromatic carbocycles. The zero-order chi connectivity index (χ0) is 45.4. The molecular weight excluding hydrogens is 839 g/mol. The van der Waals surface area contributed by atoms with E-state index in [-0.39, 0.29) is 59.2 Å². The first kappa shape index (κ1) is 42.7. The Morgan fingerprint density at radius 3 is 2.51 bits per heavy atom. The van der Waals surface area contributed by atoms with E-state index in [1.807, 2.05) is 37.3 Å². The Labute approximate surface area is 370 Å². The number of carbonyl (C=O) groups is 5. The third-order valence-electron chi connectivity index (χ3n) is 11.8. The van der Waals surface area contributed by atoms with E-state index >= 15 is 8.78 Å². The van der Waals surface area contributed by atoms with Gasteiger partial charge in [0.1, 0.15) is 23.4 Å². The number of aliphatic hydroxyl groups excluding tert-OH is 1. The maximum atomic E-state index is 15.6. The summed E-state index contributed by atoms with van der Waals surface area (Å²) in [7, 11) is 0. The molecular formula is C47H44F2N10O6. The number of amides is 5. The van der Waals surface area contributed by atoms with Crippen LogP contribution in [0.3, 0.4) is 0 Å². The number of fused-ring (bicyclic) bond motifs is 2. The van der Waals surface area contributed by atoms with Gasteiger partial charge >= 0.3 is 0 Å². The molecule has 1 saturated carbocycles. The molecule has 18 heteroatoms. The number of hydrogen-bond acceptors (Lipinski definition) is 11. The zero-order valence-corrected chi connectivity index (χ0v) is 35.1. The van der Waals surface area contributed by atoms with Crippen molar-refractivity contribution in [2.75, 3.05) is 17.2 Å². The van der Waals surface area contributed by atoms with Gasteiger partial charge in [-0.15, -0.1) is 5.10 Å². The summed E-state index contributed by atoms with van der Waals surface area (Å²) in [4.78, 5) is 69.6. The molecule has 65 heavy (non-hydrogen) atoms. The number of aryl methyl sites for hydroxylation is 1. The molecule has 2 aromatic heterocycles. The van der Waals surface area contributed by atoms with Gasteiger partial charge in [-0.05, 0) is 81.0 Å². The lowest BCUT2D eigenvalue weighted by molar-refractivity contribution is -0.139. The van der Waals surface area contributed by atoms with Crippen molar-refractivity contribution >= 4 is 57.5 Å². The van der Waals surface area contributed by atoms with Gasteiger partial charge < -0.3 is 26.4 Å². The second-order valence-corrected chi connectivity index (χ2v) is 16.4. The highest BCUT2D eigenvalue weighted by atomic mass is 19.1. The van der Waals surface area contributed by atoms with Crippen LogP contribution in [-0.4, -0.2) is 78.1 Å². The number of rotatable bonds is 15. The monoisotopic (exact) mass is 882 g/mol. The molecule has 5 amide bonds. The third kappa shape index (κ3) is 8.84. The summed E-state index contributed by atoms with van der Waals surface area (Å²) >= 11 is 0. The fourth-order valence-electron chi connectivity index (χ4n) is 8.18. The molecule has 3 aliphatic rings. The minimum Gasteiger partial charge on any atom is -0.376 e. The number of imide groups is 1. The Hall–Kier alpha value is -7.60. The van der Waals surface area contributed by atoms with E-state index in [9.17, 15) is 29.1 Å². The average Bonchev–Trinajstić information content (AvgIpc) is 3.91. The number of aliphatic hydroxyl groups is 1. The Balaban J connectivity index is 0.803. The quantitative estimate of drug-likeness (QED) is 0.0517. The Bertz CT molecular complexity index is 2870. The van der Waals surface area contributed by atoms with Gasteiger partial charge in [-0.3, -0.25) is 43.9 Å². The van der Waals surface area contributed by atoms with Crippen LogP contribution in [0.15, 0.2) is 91.3 Å². The van der Waals surface area contributed by atoms with E-state index in [0.717, 1.165) is 23.8 Å². The first-order valence-electron chi connectivity index (χ1n) is 21.4. The van der Waals surface area contributed by atoms with Gasteiger partial charge in [0.2, 0.25) is 11.8 Å². The molecule has 3 unspecified atom stereocenters. The molecule has 0 radical (unpaired) electrons. The first-order valence-corrected chi connectivity index (χ1v) is 21.4. The number of pyridine rings is 1. The lowest BCUT2D eigenvalue weighted by Crippen LogP contribution is -2.53. The smallest absolute Gasteiger partial charge is 0.259 e. The molecule has 4 heterocycles. The molecule has 9 rings (SSSR count). The van der Waals surface area contributed by atoms with Crippen molar-refractivity contribution in [2.24, 2.45) is 0 Å². The van der Waals surface area contributed by atoms with Crippen LogP contribution in [-0.2, 0) is 16.1 Å². The Kier molecular flexibility index (Phi) is 11.7. The molecule has 0 bridgehead atoms. The predicted molar refractivity (Wildman–Crippen MR) is 235 cm³/mol. The normalized spacial score (nSPS) is 17.4. The Morgan fingerprint density at radius 1 is 0.923 bits per heavy atom. The summed E-state index contributed by atoms with van der Waals surface area (Å²) in [5, 5.41) is 34.5. The maximum absolute atomic E-state index is 15.6. The standard InChI is InChI=1S/C47H44F2N10O6/c1-25(52-36-11-7-10-30-41(36)47(65)59(46(30)64)39-16-17-40(60)55-45(39)63)38-24-58(57-56-38)19-6-5-18-50-43(61)29-15-12-26(20-34(29)48)31-21-32-37(22-35(31)49)51-23-33(44(62)54-28-13-14-28)42(32)53-27-8-3-2-4-9-27/h2-4,7-12,15,20-25,28,39,46,52,64H,5-6,13-14,16-19H2,1H3,(H,50,61)(H,51,53)(H,54,62)(H,55,60,63). The number of nitrogens with one attached hydrogen (secondary N) is 5. The zero-order valence-electron chi connectivity index (χ0n) is 35.1. The van der Waals surface area contributed by atoms with Crippen LogP contribution in [0.25, 0.3) is 22.0 Å². The number of carbonyl (C=O) groups excluding carboxylic acids is 5. The number of hydrogen-bond donors (Lipinski definition) is 6. The van der Waals surface area contributed by atoms with E-state index < -0.39 is 53.6 Å². The van der Waals surface area contributed by atoms with E-state index in [4.69, 9.17) is 0 Å². The van der Waals surface area contributed by atoms with Gasteiger partial charge in [-0.1, -0.05) is 41.6 Å². The summed E-state index contributed by atoms with van der Waals surface area (Å²) in [6.07, 6.45) is 4.91. The molecule has 16 nitrogen and oxygen atoms in total. The summed E-state index contributed by atoms with van der Waals surface area (Å²) < 4.78 is 32.9. The fourth-order valence-corrected chi connectivity index (χ4v) is 8.18. The molecule has 0 spiro atoms. The molecule has 1 saturated heterocycles. The summed E-state index contributed by atoms with van der Waals surface area (Å²) in [6.45, 7) is 2.55. The highest BCUT2D eigenvalue weighted by Crippen LogP contribution is 2.40. The van der Waals surface area contributed by atoms with Gasteiger partial charge in [-0.25, -0.2) is 8.78 Å². The van der Waals surface area contributed by atoms with Crippen LogP contribution in [0.4, 0.5) is 25.8 Å². The highest BCUT2D eigenvalue weighted by Gasteiger charge is 2.45. The van der Waals surface area contributed by atoms with Crippen LogP contribution in [0.1, 0.15) is 100 Å². The lowest BCUT2D eigenvalue weighted by Gasteiger charge is -2.31. The van der Waals surface area contributed by atoms with Gasteiger partial charge in [0, 0.05) is 65.7 Å². The number of aromatic nitrogens is 4. The molecule has 2 aliphatic heterocycles. The second-order valence-electron chi connectivity index (χ2n) is 16.4. The average molecular weight is 883 g/mol. The minimum atomic E-state index is -1.35. The van der Waals surface area contributed by atoms with Crippen molar-refractivity contribution in [3.8, 4) is 11.1 Å². The van der Waals surface area contributed by atoms with Crippen LogP contribution in [0.2, 0.25) is 0 Å². The molecule has 3 atom stereocenters. The molecule has 2 fully saturated rings. The number of nitrogens with zero attached hydrogens (tertiary/aromatic N) is 5. The van der Waals surface area contributed by atoms with Gasteiger partial charge in [-0.2, -0.15) is 0 Å². The summed E-state index contributed by atoms with van der Waals surface area (Å²) in [5.74, 6) is -3.99. The van der Waals surface area contributed by atoms with E-state index in [1.165, 1.54) is 30.5 Å². The van der Waals surface area contributed by atoms with E-state index in [0.29, 0.717) is 58.6 Å². The molecule has 1 aliphatic carbocycles. The van der Waals surface area contributed by atoms with Gasteiger partial charge in [0.25, 0.3) is 17.7 Å². The van der Waals surface area contributed by atoms with Gasteiger partial charge in [0.15, 0.2) is 6.23 Å². The first-order chi connectivity index (χ1) is 31.4. The maximum Gasteiger partial charge on any atom is 0.259 e. The second kappa shape index (κ2) is 17.9. The largest absolute Gasteiger partial charge is 0.376 e. The lowest BCUT2D eigenvalue weighted by atomic mass is 9.98. The highest BCUT2D eigenvalue weighted by molar-refractivity contribution is 6.10. The molecule has 6 aromatic rings. The minimum absolute atomic E-state index is 0.0588. The summed E-state index contributed by atoms with van der Waals surface area (Å²) in [6, 6.07) is 19.6. The van der Waals surface area contributed by atoms with Crippen molar-refractivity contribution in [1.82, 2.24) is 40.8 Å². The van der Waals surface area contributed by atoms with Crippen molar-refractivity contribution < 1.29 is 37.9 Å². The molecule has 332 valence electrons. The number of para-hydroxylation sites is 1. The van der Waals surface area contributed by atoms with Crippen LogP contribution >= 0.6 is 0 Å². The number of anilines is 3. The molecule has 6 N–H and O–H groups in total. The van der Waals surface area contributed by atoms with Crippen molar-refractivity contribution in [2.45, 2.75) is 76.3 Å². The van der Waals surface area contributed by atoms with Crippen molar-refractivity contribution in [1.29, 1.82) is 0 Å². The van der Waals surface area contributed by atoms with E-state index in [2.05, 4.69) is 41.9 Å². The van der Waals surface area contributed by atoms with Crippen LogP contribution in [0.5, 0.6) is 0 Å². The van der Waals surface area contributed by atoms with Gasteiger partial charge in [0.05, 0.1) is 40.1 Å². The number of piperidine rings is 1. The van der Waals surface area contributed by atoms with Crippen molar-refractivity contribution in [3.63, 3.8) is 0 Å². The number of halogens is 2. The van der Waals surface area contributed by atoms with E-state index in [1.54, 1.807) is 29.1 Å². The Morgan fingerprint density at radius 2 is 1.74 bits per heavy atom. The number of unbranched alkanes of at least 4 members (excludes halogenated alkanes) is 1. The topological polar surface area (TPSA) is 213 Å². The fraction of sp³-hybridized carbons (Fsp3) is 0.277. The van der Waals surface area contributed by atoms with Crippen LogP contribution < -0.4 is 26.6 Å². The SMILES string of the molecule is CC(Nc1cccc2c1C(=O)N(C1CCC(=O)NC1=O)C2O)c1cn(CCCCNC(=O)c2ccc(-c3cc4c(Nc5ccccc5)c(C(=O)NC5CC5)cnc4cc3F)cc2F)nn1. The summed E-state index contributed by atoms with van der Waals surface area (Å²) in [5.41, 5.74) is 3.39. The third-order valence-corrected chi connectivity index (χ3v) is 11.8. The predicted octanol–water partition coefficient (Wildman–Crippen LogP) is 6.04.